The number of rotatable bonds is 3. The van der Waals surface area contributed by atoms with E-state index in [1.807, 2.05) is 37.2 Å². The number of Topliss-reactive ketones (excluding diaryl/α,β-unsaturated/α-hetero) is 1. The van der Waals surface area contributed by atoms with Crippen LogP contribution < -0.4 is 9.64 Å². The van der Waals surface area contributed by atoms with Gasteiger partial charge in [0.05, 0.1) is 11.7 Å². The molecule has 5 nitrogen and oxygen atoms in total. The summed E-state index contributed by atoms with van der Waals surface area (Å²) in [4.78, 5) is 26.8. The van der Waals surface area contributed by atoms with Crippen molar-refractivity contribution in [2.75, 3.05) is 32.6 Å². The third-order valence-corrected chi connectivity index (χ3v) is 3.29. The number of likely N-dealkylation sites (N-methyl/N-ethyl adjacent to an activating group) is 2. The van der Waals surface area contributed by atoms with Crippen LogP contribution >= 0.6 is 0 Å². The number of ketones is 1. The average molecular weight is 262 g/mol. The quantitative estimate of drug-likeness (QED) is 0.822. The molecule has 1 aliphatic rings. The second-order valence-electron chi connectivity index (χ2n) is 4.95. The van der Waals surface area contributed by atoms with Crippen LogP contribution in [0.15, 0.2) is 18.2 Å². The van der Waals surface area contributed by atoms with Crippen molar-refractivity contribution in [3.63, 3.8) is 0 Å². The summed E-state index contributed by atoms with van der Waals surface area (Å²) >= 11 is 0. The van der Waals surface area contributed by atoms with E-state index < -0.39 is 0 Å². The largest absolute Gasteiger partial charge is 0.482 e. The van der Waals surface area contributed by atoms with E-state index in [4.69, 9.17) is 4.74 Å². The number of fused-ring (bicyclic) bond motifs is 1. The van der Waals surface area contributed by atoms with Gasteiger partial charge in [-0.3, -0.25) is 14.5 Å². The molecule has 19 heavy (non-hydrogen) atoms. The molecule has 2 rings (SSSR count). The minimum absolute atomic E-state index is 0.0622. The van der Waals surface area contributed by atoms with Crippen LogP contribution in [0.3, 0.4) is 0 Å². The summed E-state index contributed by atoms with van der Waals surface area (Å²) in [5.74, 6) is 0.649. The van der Waals surface area contributed by atoms with Crippen LogP contribution in [0.1, 0.15) is 18.5 Å². The Bertz CT molecular complexity index is 525. The lowest BCUT2D eigenvalue weighted by molar-refractivity contribution is -0.121. The molecule has 5 heteroatoms. The molecule has 0 fully saturated rings. The summed E-state index contributed by atoms with van der Waals surface area (Å²) in [6.45, 7) is 1.63. The Kier molecular flexibility index (Phi) is 3.57. The maximum absolute atomic E-state index is 11.7. The first-order valence-corrected chi connectivity index (χ1v) is 6.12. The molecule has 0 radical (unpaired) electrons. The topological polar surface area (TPSA) is 49.9 Å². The second-order valence-corrected chi connectivity index (χ2v) is 4.95. The number of carbonyl (C=O) groups excluding carboxylic acids is 2. The lowest BCUT2D eigenvalue weighted by Gasteiger charge is -2.28. The molecule has 102 valence electrons. The van der Waals surface area contributed by atoms with Gasteiger partial charge in [-0.25, -0.2) is 0 Å². The molecular weight excluding hydrogens is 244 g/mol. The zero-order valence-electron chi connectivity index (χ0n) is 11.6. The third-order valence-electron chi connectivity index (χ3n) is 3.29. The lowest BCUT2D eigenvalue weighted by Crippen LogP contribution is -2.35. The van der Waals surface area contributed by atoms with E-state index in [9.17, 15) is 9.59 Å². The second kappa shape index (κ2) is 5.01. The number of amides is 1. The van der Waals surface area contributed by atoms with E-state index in [1.54, 1.807) is 18.9 Å². The van der Waals surface area contributed by atoms with Gasteiger partial charge in [0.25, 0.3) is 5.91 Å². The van der Waals surface area contributed by atoms with Crippen molar-refractivity contribution in [3.8, 4) is 5.75 Å². The molecule has 1 amide bonds. The highest BCUT2D eigenvalue weighted by molar-refractivity contribution is 5.97. The van der Waals surface area contributed by atoms with Crippen LogP contribution in [0.4, 0.5) is 5.69 Å². The number of hydrogen-bond acceptors (Lipinski definition) is 4. The summed E-state index contributed by atoms with van der Waals surface area (Å²) in [6.07, 6.45) is 0. The van der Waals surface area contributed by atoms with Crippen LogP contribution in [0, 0.1) is 0 Å². The van der Waals surface area contributed by atoms with Gasteiger partial charge in [-0.2, -0.15) is 0 Å². The molecule has 1 aromatic rings. The van der Waals surface area contributed by atoms with Crippen LogP contribution in [0.25, 0.3) is 0 Å². The molecule has 1 aliphatic heterocycles. The van der Waals surface area contributed by atoms with Crippen LogP contribution in [-0.2, 0) is 9.59 Å². The Morgan fingerprint density at radius 2 is 2.11 bits per heavy atom. The lowest BCUT2D eigenvalue weighted by atomic mass is 10.0. The van der Waals surface area contributed by atoms with Crippen LogP contribution in [-0.4, -0.2) is 44.3 Å². The van der Waals surface area contributed by atoms with Gasteiger partial charge in [-0.1, -0.05) is 6.07 Å². The molecule has 1 heterocycles. The molecule has 1 aromatic carbocycles. The van der Waals surface area contributed by atoms with Gasteiger partial charge in [-0.15, -0.1) is 0 Å². The van der Waals surface area contributed by atoms with Gasteiger partial charge in [0, 0.05) is 7.05 Å². The van der Waals surface area contributed by atoms with Gasteiger partial charge in [0.15, 0.2) is 12.4 Å². The first kappa shape index (κ1) is 13.5. The summed E-state index contributed by atoms with van der Waals surface area (Å²) in [7, 11) is 5.43. The molecule has 0 N–H and O–H groups in total. The summed E-state index contributed by atoms with van der Waals surface area (Å²) < 4.78 is 5.37. The Hall–Kier alpha value is -1.88. The predicted octanol–water partition coefficient (Wildman–Crippen LogP) is 1.23. The number of hydrogen-bond donors (Lipinski definition) is 0. The Balaban J connectivity index is 2.45. The van der Waals surface area contributed by atoms with E-state index >= 15 is 0 Å². The highest BCUT2D eigenvalue weighted by Gasteiger charge is 2.25. The highest BCUT2D eigenvalue weighted by Crippen LogP contribution is 2.34. The van der Waals surface area contributed by atoms with Gasteiger partial charge in [-0.05, 0) is 38.7 Å². The number of benzene rings is 1. The van der Waals surface area contributed by atoms with Crippen molar-refractivity contribution in [2.45, 2.75) is 13.0 Å². The predicted molar refractivity (Wildman–Crippen MR) is 72.5 cm³/mol. The van der Waals surface area contributed by atoms with Crippen LogP contribution in [0.5, 0.6) is 5.75 Å². The SMILES string of the molecule is CC(=O)C(c1ccc2c(c1)N(C)C(=O)CO2)N(C)C. The minimum Gasteiger partial charge on any atom is -0.482 e. The van der Waals surface area contributed by atoms with Crippen molar-refractivity contribution in [1.82, 2.24) is 4.90 Å². The van der Waals surface area contributed by atoms with E-state index in [-0.39, 0.29) is 24.3 Å². The molecule has 0 aromatic heterocycles. The van der Waals surface area contributed by atoms with E-state index in [0.717, 1.165) is 5.56 Å². The Labute approximate surface area is 112 Å². The number of anilines is 1. The molecule has 0 spiro atoms. The fourth-order valence-corrected chi connectivity index (χ4v) is 2.36. The van der Waals surface area contributed by atoms with E-state index in [1.165, 1.54) is 0 Å². The normalized spacial score (nSPS) is 16.1. The Morgan fingerprint density at radius 1 is 1.42 bits per heavy atom. The molecule has 0 aliphatic carbocycles. The van der Waals surface area contributed by atoms with Crippen LogP contribution in [0.2, 0.25) is 0 Å². The van der Waals surface area contributed by atoms with Crippen molar-refractivity contribution in [3.05, 3.63) is 23.8 Å². The molecule has 0 bridgehead atoms. The smallest absolute Gasteiger partial charge is 0.264 e. The van der Waals surface area contributed by atoms with E-state index in [2.05, 4.69) is 0 Å². The summed E-state index contributed by atoms with van der Waals surface area (Å²) in [5, 5.41) is 0. The monoisotopic (exact) mass is 262 g/mol. The number of nitrogens with zero attached hydrogens (tertiary/aromatic N) is 2. The van der Waals surface area contributed by atoms with Gasteiger partial charge in [0.2, 0.25) is 0 Å². The molecule has 1 unspecified atom stereocenters. The van der Waals surface area contributed by atoms with Crippen molar-refractivity contribution in [2.24, 2.45) is 0 Å². The maximum Gasteiger partial charge on any atom is 0.264 e. The van der Waals surface area contributed by atoms with Gasteiger partial charge in [0.1, 0.15) is 5.75 Å². The zero-order chi connectivity index (χ0) is 14.2. The molecule has 0 saturated heterocycles. The van der Waals surface area contributed by atoms with Gasteiger partial charge < -0.3 is 9.64 Å². The maximum atomic E-state index is 11.7. The Morgan fingerprint density at radius 3 is 2.68 bits per heavy atom. The van der Waals surface area contributed by atoms with E-state index in [0.29, 0.717) is 11.4 Å². The standard InChI is InChI=1S/C14H18N2O3/c1-9(17)14(15(2)3)10-5-6-12-11(7-10)16(4)13(18)8-19-12/h5-7,14H,8H2,1-4H3. The van der Waals surface area contributed by atoms with Crippen molar-refractivity contribution in [1.29, 1.82) is 0 Å². The third kappa shape index (κ3) is 2.46. The van der Waals surface area contributed by atoms with Gasteiger partial charge >= 0.3 is 0 Å². The molecular formula is C14H18N2O3. The summed E-state index contributed by atoms with van der Waals surface area (Å²) in [5.41, 5.74) is 1.57. The molecule has 0 saturated carbocycles. The minimum atomic E-state index is -0.310. The first-order chi connectivity index (χ1) is 8.91. The fraction of sp³-hybridized carbons (Fsp3) is 0.429. The zero-order valence-corrected chi connectivity index (χ0v) is 11.6. The van der Waals surface area contributed by atoms with Crippen molar-refractivity contribution >= 4 is 17.4 Å². The number of carbonyl (C=O) groups is 2. The first-order valence-electron chi connectivity index (χ1n) is 6.12. The number of ether oxygens (including phenoxy) is 1. The average Bonchev–Trinajstić information content (AvgIpc) is 2.33. The van der Waals surface area contributed by atoms with Crippen molar-refractivity contribution < 1.29 is 14.3 Å². The highest BCUT2D eigenvalue weighted by atomic mass is 16.5. The fourth-order valence-electron chi connectivity index (χ4n) is 2.36. The molecule has 1 atom stereocenters. The summed E-state index contributed by atoms with van der Waals surface area (Å²) in [6, 6.07) is 5.22.